The first-order chi connectivity index (χ1) is 21.9. The molecule has 0 aliphatic carbocycles. The average Bonchev–Trinajstić information content (AvgIpc) is 3.07. The number of thiocarbonyl (C=S) groups is 2. The lowest BCUT2D eigenvalue weighted by atomic mass is 10.1. The maximum Gasteiger partial charge on any atom is 0.325 e. The van der Waals surface area contributed by atoms with Crippen LogP contribution in [0.4, 0.5) is 0 Å². The van der Waals surface area contributed by atoms with Crippen LogP contribution in [0.15, 0.2) is 85.2 Å². The number of carbonyl (C=O) groups excluding carboxylic acids is 2. The van der Waals surface area contributed by atoms with Crippen molar-refractivity contribution in [2.75, 3.05) is 20.2 Å². The molecule has 4 aromatic heterocycles. The summed E-state index contributed by atoms with van der Waals surface area (Å²) in [6, 6.07) is 22.2. The molecule has 4 aromatic rings. The zero-order valence-electron chi connectivity index (χ0n) is 24.9. The molecule has 10 nitrogen and oxygen atoms in total. The van der Waals surface area contributed by atoms with E-state index < -0.39 is 12.0 Å². The number of nitrogens with zero attached hydrogens (tertiary/aromatic N) is 4. The highest BCUT2D eigenvalue weighted by Crippen LogP contribution is 2.15. The van der Waals surface area contributed by atoms with Crippen molar-refractivity contribution >= 4 is 46.3 Å². The van der Waals surface area contributed by atoms with E-state index in [0.29, 0.717) is 42.2 Å². The Morgan fingerprint density at radius 3 is 1.87 bits per heavy atom. The van der Waals surface area contributed by atoms with E-state index in [1.165, 1.54) is 7.11 Å². The molecule has 1 amide bonds. The predicted molar refractivity (Wildman–Crippen MR) is 181 cm³/mol. The number of amides is 1. The minimum absolute atomic E-state index is 0.223. The number of rotatable bonds is 15. The van der Waals surface area contributed by atoms with Gasteiger partial charge in [0.05, 0.1) is 39.9 Å². The van der Waals surface area contributed by atoms with Crippen LogP contribution in [-0.4, -0.2) is 68.0 Å². The third-order valence-corrected chi connectivity index (χ3v) is 7.23. The summed E-state index contributed by atoms with van der Waals surface area (Å²) in [5.41, 5.74) is 4.73. The van der Waals surface area contributed by atoms with Gasteiger partial charge in [-0.05, 0) is 67.8 Å². The SMILES string of the molecule is COC(=O)CNC(=O)[C@H](CCCCNC(=S)Cc1cccc(-c2ccccn2)n1)NC(=S)Cc1cccc(-c2ccccn2)n1. The lowest BCUT2D eigenvalue weighted by Crippen LogP contribution is -2.48. The molecule has 0 aromatic carbocycles. The summed E-state index contributed by atoms with van der Waals surface area (Å²) in [5, 5.41) is 9.09. The third kappa shape index (κ3) is 11.1. The molecule has 0 saturated carbocycles. The van der Waals surface area contributed by atoms with Gasteiger partial charge in [-0.2, -0.15) is 0 Å². The van der Waals surface area contributed by atoms with Gasteiger partial charge >= 0.3 is 5.97 Å². The first-order valence-electron chi connectivity index (χ1n) is 14.6. The van der Waals surface area contributed by atoms with Crippen molar-refractivity contribution in [1.29, 1.82) is 0 Å². The van der Waals surface area contributed by atoms with Gasteiger partial charge in [0.15, 0.2) is 0 Å². The molecule has 232 valence electrons. The third-order valence-electron chi connectivity index (χ3n) is 6.68. The topological polar surface area (TPSA) is 131 Å². The smallest absolute Gasteiger partial charge is 0.325 e. The average molecular weight is 642 g/mol. The first kappa shape index (κ1) is 33.2. The number of carbonyl (C=O) groups is 2. The molecule has 0 unspecified atom stereocenters. The fraction of sp³-hybridized carbons (Fsp3) is 0.273. The van der Waals surface area contributed by atoms with Crippen LogP contribution in [0.1, 0.15) is 30.7 Å². The number of ether oxygens (including phenoxy) is 1. The summed E-state index contributed by atoms with van der Waals surface area (Å²) in [6.07, 6.45) is 6.30. The minimum Gasteiger partial charge on any atom is -0.468 e. The molecule has 45 heavy (non-hydrogen) atoms. The molecule has 0 radical (unpaired) electrons. The summed E-state index contributed by atoms with van der Waals surface area (Å²) >= 11 is 11.2. The molecular formula is C33H35N7O3S2. The number of nitrogens with one attached hydrogen (secondary N) is 3. The second kappa shape index (κ2) is 17.6. The van der Waals surface area contributed by atoms with Crippen molar-refractivity contribution in [3.05, 3.63) is 96.6 Å². The van der Waals surface area contributed by atoms with Crippen molar-refractivity contribution in [3.63, 3.8) is 0 Å². The standard InChI is InChI=1S/C33H35N7O3S2/c1-43-32(41)22-37-33(42)29(40-31(45)21-24-11-9-16-28(39-24)26-13-3-6-18-35-26)14-4-7-19-36-30(44)20-23-10-8-15-27(38-23)25-12-2-5-17-34-25/h2-3,5-6,8-13,15-18,29H,4,7,14,19-22H2,1H3,(H,36,44)(H,37,42)(H,40,45)/t29-/m0/s1. The summed E-state index contributed by atoms with van der Waals surface area (Å²) in [4.78, 5) is 43.8. The van der Waals surface area contributed by atoms with Crippen LogP contribution in [0.25, 0.3) is 22.8 Å². The molecule has 0 spiro atoms. The zero-order valence-corrected chi connectivity index (χ0v) is 26.6. The fourth-order valence-corrected chi connectivity index (χ4v) is 4.97. The summed E-state index contributed by atoms with van der Waals surface area (Å²) in [7, 11) is 1.27. The second-order valence-corrected chi connectivity index (χ2v) is 11.1. The van der Waals surface area contributed by atoms with Gasteiger partial charge in [0.1, 0.15) is 12.6 Å². The Hall–Kier alpha value is -4.68. The maximum atomic E-state index is 13.0. The molecule has 0 aliphatic heterocycles. The molecule has 0 bridgehead atoms. The largest absolute Gasteiger partial charge is 0.468 e. The lowest BCUT2D eigenvalue weighted by Gasteiger charge is -2.20. The highest BCUT2D eigenvalue weighted by molar-refractivity contribution is 7.80. The number of hydrogen-bond donors (Lipinski definition) is 3. The van der Waals surface area contributed by atoms with Crippen LogP contribution < -0.4 is 16.0 Å². The van der Waals surface area contributed by atoms with Gasteiger partial charge in [-0.25, -0.2) is 0 Å². The van der Waals surface area contributed by atoms with E-state index in [4.69, 9.17) is 24.4 Å². The zero-order chi connectivity index (χ0) is 31.9. The van der Waals surface area contributed by atoms with Gasteiger partial charge in [-0.3, -0.25) is 29.5 Å². The van der Waals surface area contributed by atoms with Crippen molar-refractivity contribution in [3.8, 4) is 22.8 Å². The predicted octanol–water partition coefficient (Wildman–Crippen LogP) is 4.05. The van der Waals surface area contributed by atoms with Gasteiger partial charge < -0.3 is 20.7 Å². The molecular weight excluding hydrogens is 607 g/mol. The van der Waals surface area contributed by atoms with E-state index in [2.05, 4.69) is 40.6 Å². The van der Waals surface area contributed by atoms with Crippen molar-refractivity contribution in [2.45, 2.75) is 38.1 Å². The molecule has 0 aliphatic rings. The molecule has 0 saturated heterocycles. The van der Waals surface area contributed by atoms with Gasteiger partial charge in [0.25, 0.3) is 0 Å². The quantitative estimate of drug-likeness (QED) is 0.0987. The highest BCUT2D eigenvalue weighted by atomic mass is 32.1. The molecule has 4 heterocycles. The Morgan fingerprint density at radius 2 is 1.31 bits per heavy atom. The summed E-state index contributed by atoms with van der Waals surface area (Å²) in [6.45, 7) is 0.420. The summed E-state index contributed by atoms with van der Waals surface area (Å²) < 4.78 is 4.65. The number of methoxy groups -OCH3 is 1. The number of hydrogen-bond acceptors (Lipinski definition) is 9. The van der Waals surface area contributed by atoms with Gasteiger partial charge in [-0.1, -0.05) is 48.7 Å². The first-order valence-corrected chi connectivity index (χ1v) is 15.4. The van der Waals surface area contributed by atoms with E-state index in [9.17, 15) is 9.59 Å². The van der Waals surface area contributed by atoms with Crippen LogP contribution >= 0.6 is 24.4 Å². The number of aromatic nitrogens is 4. The van der Waals surface area contributed by atoms with E-state index in [-0.39, 0.29) is 12.5 Å². The van der Waals surface area contributed by atoms with E-state index in [0.717, 1.165) is 40.6 Å². The molecule has 4 rings (SSSR count). The van der Waals surface area contributed by atoms with Crippen LogP contribution in [0.3, 0.4) is 0 Å². The normalized spacial score (nSPS) is 11.2. The van der Waals surface area contributed by atoms with Gasteiger partial charge in [0.2, 0.25) is 5.91 Å². The van der Waals surface area contributed by atoms with Gasteiger partial charge in [-0.15, -0.1) is 0 Å². The maximum absolute atomic E-state index is 13.0. The van der Waals surface area contributed by atoms with Crippen LogP contribution in [0.5, 0.6) is 0 Å². The minimum atomic E-state index is -0.633. The Morgan fingerprint density at radius 1 is 0.733 bits per heavy atom. The van der Waals surface area contributed by atoms with Crippen LogP contribution in [-0.2, 0) is 27.2 Å². The number of unbranched alkanes of at least 4 members (excludes halogenated alkanes) is 1. The Labute approximate surface area is 273 Å². The Kier molecular flexibility index (Phi) is 13.0. The Balaban J connectivity index is 1.27. The van der Waals surface area contributed by atoms with Crippen molar-refractivity contribution < 1.29 is 14.3 Å². The Bertz CT molecular complexity index is 1590. The molecule has 3 N–H and O–H groups in total. The van der Waals surface area contributed by atoms with Crippen LogP contribution in [0, 0.1) is 0 Å². The van der Waals surface area contributed by atoms with Crippen molar-refractivity contribution in [1.82, 2.24) is 35.9 Å². The van der Waals surface area contributed by atoms with Crippen molar-refractivity contribution in [2.24, 2.45) is 0 Å². The van der Waals surface area contributed by atoms with E-state index >= 15 is 0 Å². The van der Waals surface area contributed by atoms with E-state index in [1.54, 1.807) is 12.4 Å². The van der Waals surface area contributed by atoms with E-state index in [1.807, 2.05) is 72.8 Å². The molecule has 12 heteroatoms. The molecule has 0 fully saturated rings. The summed E-state index contributed by atoms with van der Waals surface area (Å²) in [5.74, 6) is -0.863. The fourth-order valence-electron chi connectivity index (χ4n) is 4.43. The van der Waals surface area contributed by atoms with Crippen LogP contribution in [0.2, 0.25) is 0 Å². The number of esters is 1. The monoisotopic (exact) mass is 641 g/mol. The van der Waals surface area contributed by atoms with Gasteiger partial charge in [0, 0.05) is 43.2 Å². The highest BCUT2D eigenvalue weighted by Gasteiger charge is 2.20. The molecule has 1 atom stereocenters. The number of pyridine rings is 4. The second-order valence-electron chi connectivity index (χ2n) is 10.1. The lowest BCUT2D eigenvalue weighted by molar-refractivity contribution is -0.141.